The van der Waals surface area contributed by atoms with Gasteiger partial charge in [-0.25, -0.2) is 0 Å². The second-order valence-electron chi connectivity index (χ2n) is 4.03. The monoisotopic (exact) mass is 241 g/mol. The summed E-state index contributed by atoms with van der Waals surface area (Å²) in [6, 6.07) is 4.43. The van der Waals surface area contributed by atoms with Gasteiger partial charge in [-0.15, -0.1) is 0 Å². The molecule has 0 fully saturated rings. The van der Waals surface area contributed by atoms with Crippen molar-refractivity contribution in [1.29, 1.82) is 0 Å². The molecule has 1 unspecified atom stereocenters. The summed E-state index contributed by atoms with van der Waals surface area (Å²) in [6.45, 7) is -4.84. The minimum Gasteiger partial charge on any atom is -0.454 e. The Balaban J connectivity index is 2.37. The molecule has 0 saturated carbocycles. The van der Waals surface area contributed by atoms with Crippen LogP contribution in [-0.2, 0) is 0 Å². The summed E-state index contributed by atoms with van der Waals surface area (Å²) in [4.78, 5) is 0. The molecular formula is C14H18O3. The zero-order valence-corrected chi connectivity index (χ0v) is 9.36. The molecule has 1 aliphatic rings. The third-order valence-corrected chi connectivity index (χ3v) is 2.37. The zero-order valence-electron chi connectivity index (χ0n) is 16.4. The summed E-state index contributed by atoms with van der Waals surface area (Å²) in [5.74, 6) is 0.941. The number of benzene rings is 1. The van der Waals surface area contributed by atoms with Crippen LogP contribution in [0.25, 0.3) is 6.05 Å². The molecule has 0 saturated heterocycles. The molecule has 3 nitrogen and oxygen atoms in total. The highest BCUT2D eigenvalue weighted by Gasteiger charge is 2.19. The van der Waals surface area contributed by atoms with Crippen LogP contribution in [-0.4, -0.2) is 18.0 Å². The van der Waals surface area contributed by atoms with E-state index in [1.54, 1.807) is 12.1 Å². The Kier molecular flexibility index (Phi) is 1.54. The van der Waals surface area contributed by atoms with Crippen LogP contribution in [0.3, 0.4) is 0 Å². The summed E-state index contributed by atoms with van der Waals surface area (Å²) in [5, 5.41) is 10.3. The lowest BCUT2D eigenvalue weighted by Gasteiger charge is -2.22. The number of aliphatic hydroxyl groups excluding tert-OH is 1. The van der Waals surface area contributed by atoms with Crippen molar-refractivity contribution in [3.63, 3.8) is 0 Å². The van der Waals surface area contributed by atoms with Gasteiger partial charge in [0, 0.05) is 8.22 Å². The van der Waals surface area contributed by atoms with Crippen LogP contribution in [0.5, 0.6) is 11.5 Å². The highest BCUT2D eigenvalue weighted by Crippen LogP contribution is 2.33. The Morgan fingerprint density at radius 2 is 2.24 bits per heavy atom. The zero-order chi connectivity index (χ0) is 18.3. The van der Waals surface area contributed by atoms with E-state index in [2.05, 4.69) is 0 Å². The lowest BCUT2D eigenvalue weighted by Crippen LogP contribution is -2.23. The van der Waals surface area contributed by atoms with Crippen LogP contribution >= 0.6 is 0 Å². The maximum absolute atomic E-state index is 10.3. The summed E-state index contributed by atoms with van der Waals surface area (Å²) < 4.78 is 63.4. The van der Waals surface area contributed by atoms with Gasteiger partial charge in [0.05, 0.1) is 7.47 Å². The van der Waals surface area contributed by atoms with Crippen LogP contribution in [0.4, 0.5) is 0 Å². The number of aliphatic hydroxyl groups is 1. The smallest absolute Gasteiger partial charge is 0.231 e. The Morgan fingerprint density at radius 1 is 1.47 bits per heavy atom. The average molecular weight is 241 g/mol. The van der Waals surface area contributed by atoms with E-state index in [1.165, 1.54) is 6.07 Å². The van der Waals surface area contributed by atoms with Crippen LogP contribution in [0.1, 0.15) is 35.8 Å². The highest BCUT2D eigenvalue weighted by molar-refractivity contribution is 5.56. The predicted octanol–water partition coefficient (Wildman–Crippen LogP) is 2.84. The Hall–Kier alpha value is -1.48. The second kappa shape index (κ2) is 4.41. The van der Waals surface area contributed by atoms with E-state index in [0.29, 0.717) is 17.1 Å². The Labute approximate surface area is 112 Å². The second-order valence-corrected chi connectivity index (χ2v) is 4.03. The van der Waals surface area contributed by atoms with E-state index in [4.69, 9.17) is 19.1 Å². The minimum absolute atomic E-state index is 0.0641. The first-order valence-corrected chi connectivity index (χ1v) is 5.14. The maximum atomic E-state index is 10.3. The molecule has 1 aliphatic heterocycles. The first-order chi connectivity index (χ1) is 10.9. The highest BCUT2D eigenvalue weighted by atomic mass is 16.7. The molecule has 0 spiro atoms. The quantitative estimate of drug-likeness (QED) is 0.865. The maximum Gasteiger partial charge on any atom is 0.231 e. The molecular weight excluding hydrogens is 216 g/mol. The molecule has 1 N–H and O–H groups in total. The van der Waals surface area contributed by atoms with E-state index in [1.807, 2.05) is 0 Å². The van der Waals surface area contributed by atoms with E-state index >= 15 is 0 Å². The van der Waals surface area contributed by atoms with E-state index in [0.717, 1.165) is 13.0 Å². The van der Waals surface area contributed by atoms with E-state index in [-0.39, 0.29) is 12.8 Å². The van der Waals surface area contributed by atoms with E-state index in [9.17, 15) is 5.11 Å². The molecule has 0 aliphatic carbocycles. The normalized spacial score (nSPS) is 24.6. The number of ether oxygens (including phenoxy) is 2. The van der Waals surface area contributed by atoms with E-state index < -0.39 is 25.2 Å². The fourth-order valence-electron chi connectivity index (χ4n) is 1.33. The van der Waals surface area contributed by atoms with Crippen LogP contribution in [0.2, 0.25) is 0 Å². The standard InChI is InChI=1S/C14H18O3/c1-14(2,3)13(15)7-5-10-4-6-11-12(8-10)17-9-16-11/h4-8,13,15H,9H2,1-3H3/b7-5+/i1D3,2D3,5D. The number of hydrogen-bond acceptors (Lipinski definition) is 3. The fourth-order valence-corrected chi connectivity index (χ4v) is 1.33. The van der Waals surface area contributed by atoms with Gasteiger partial charge < -0.3 is 14.6 Å². The summed E-state index contributed by atoms with van der Waals surface area (Å²) in [7, 11) is 0. The lowest BCUT2D eigenvalue weighted by atomic mass is 9.89. The predicted molar refractivity (Wildman–Crippen MR) is 67.1 cm³/mol. The Bertz CT molecular complexity index is 635. The fraction of sp³-hybridized carbons (Fsp3) is 0.429. The number of hydrogen-bond donors (Lipinski definition) is 1. The van der Waals surface area contributed by atoms with Gasteiger partial charge in [0.1, 0.15) is 0 Å². The molecule has 0 aromatic heterocycles. The molecule has 0 radical (unpaired) electrons. The summed E-state index contributed by atoms with van der Waals surface area (Å²) >= 11 is 0. The first kappa shape index (κ1) is 5.91. The SMILES string of the molecule is [2H]/C(=C\C(O)C(C)(C([2H])([2H])[2H])C([2H])([2H])[2H])c1ccc2c(c1)OCO2. The largest absolute Gasteiger partial charge is 0.454 e. The average Bonchev–Trinajstić information content (AvgIpc) is 2.90. The van der Waals surface area contributed by atoms with Crippen molar-refractivity contribution in [2.24, 2.45) is 5.41 Å². The lowest BCUT2D eigenvalue weighted by molar-refractivity contribution is 0.106. The van der Waals surface area contributed by atoms with Gasteiger partial charge in [-0.05, 0) is 23.1 Å². The molecule has 92 valence electrons. The van der Waals surface area contributed by atoms with Gasteiger partial charge in [-0.3, -0.25) is 0 Å². The van der Waals surface area contributed by atoms with Crippen molar-refractivity contribution in [3.8, 4) is 11.5 Å². The van der Waals surface area contributed by atoms with Crippen molar-refractivity contribution in [2.75, 3.05) is 6.79 Å². The summed E-state index contributed by atoms with van der Waals surface area (Å²) in [6.07, 6.45) is -0.938. The molecule has 17 heavy (non-hydrogen) atoms. The first-order valence-electron chi connectivity index (χ1n) is 8.64. The molecule has 1 aromatic carbocycles. The van der Waals surface area contributed by atoms with Gasteiger partial charge in [0.2, 0.25) is 6.79 Å². The number of rotatable bonds is 2. The van der Waals surface area contributed by atoms with Gasteiger partial charge in [-0.1, -0.05) is 38.8 Å². The topological polar surface area (TPSA) is 38.7 Å². The molecule has 0 amide bonds. The van der Waals surface area contributed by atoms with Crippen LogP contribution in [0, 0.1) is 5.41 Å². The van der Waals surface area contributed by atoms with Crippen LogP contribution < -0.4 is 9.47 Å². The third-order valence-electron chi connectivity index (χ3n) is 2.37. The minimum atomic E-state index is -2.94. The van der Waals surface area contributed by atoms with Crippen molar-refractivity contribution >= 4 is 6.05 Å². The van der Waals surface area contributed by atoms with Crippen molar-refractivity contribution in [3.05, 3.63) is 29.8 Å². The van der Waals surface area contributed by atoms with Crippen molar-refractivity contribution < 1.29 is 24.2 Å². The third kappa shape index (κ3) is 2.80. The molecule has 1 atom stereocenters. The summed E-state index contributed by atoms with van der Waals surface area (Å²) in [5.41, 5.74) is -2.06. The van der Waals surface area contributed by atoms with Gasteiger partial charge in [0.15, 0.2) is 11.5 Å². The van der Waals surface area contributed by atoms with Gasteiger partial charge >= 0.3 is 0 Å². The molecule has 3 heteroatoms. The van der Waals surface area contributed by atoms with Crippen molar-refractivity contribution in [2.45, 2.75) is 26.7 Å². The molecule has 2 rings (SSSR count). The Morgan fingerprint density at radius 3 is 3.00 bits per heavy atom. The van der Waals surface area contributed by atoms with Crippen LogP contribution in [0.15, 0.2) is 24.3 Å². The van der Waals surface area contributed by atoms with Gasteiger partial charge in [0.25, 0.3) is 0 Å². The van der Waals surface area contributed by atoms with Crippen molar-refractivity contribution in [1.82, 2.24) is 0 Å². The molecule has 0 bridgehead atoms. The molecule has 1 heterocycles. The molecule has 1 aromatic rings. The number of fused-ring (bicyclic) bond motifs is 1. The van der Waals surface area contributed by atoms with Gasteiger partial charge in [-0.2, -0.15) is 0 Å².